The van der Waals surface area contributed by atoms with Gasteiger partial charge in [0.25, 0.3) is 0 Å². The summed E-state index contributed by atoms with van der Waals surface area (Å²) in [5.74, 6) is 0.0648. The van der Waals surface area contributed by atoms with Crippen molar-refractivity contribution in [1.82, 2.24) is 4.57 Å². The van der Waals surface area contributed by atoms with Gasteiger partial charge in [-0.3, -0.25) is 4.79 Å². The number of rotatable bonds is 1. The third kappa shape index (κ3) is 1.06. The molecular formula is C13H13NO2. The number of benzene rings is 1. The van der Waals surface area contributed by atoms with Crippen molar-refractivity contribution in [1.29, 1.82) is 0 Å². The number of hydrogen-bond donors (Lipinski definition) is 1. The second kappa shape index (κ2) is 3.11. The summed E-state index contributed by atoms with van der Waals surface area (Å²) in [6, 6.07) is 5.94. The van der Waals surface area contributed by atoms with Gasteiger partial charge in [-0.2, -0.15) is 0 Å². The molecule has 0 aliphatic carbocycles. The van der Waals surface area contributed by atoms with Crippen LogP contribution >= 0.6 is 0 Å². The standard InChI is InChI=1S/C13H13NO2/c1-8(15)11-10-6-2-4-9-5-3-7-14(12(9)10)13(11)16/h2,4,6,16H,3,5,7H2,1H3. The maximum absolute atomic E-state index is 11.6. The minimum atomic E-state index is -0.0692. The molecular weight excluding hydrogens is 202 g/mol. The van der Waals surface area contributed by atoms with Gasteiger partial charge in [0.15, 0.2) is 5.78 Å². The Morgan fingerprint density at radius 2 is 2.25 bits per heavy atom. The molecule has 0 atom stereocenters. The van der Waals surface area contributed by atoms with Crippen LogP contribution < -0.4 is 0 Å². The lowest BCUT2D eigenvalue weighted by Gasteiger charge is -2.15. The van der Waals surface area contributed by atoms with E-state index in [0.717, 1.165) is 30.3 Å². The van der Waals surface area contributed by atoms with Gasteiger partial charge in [-0.15, -0.1) is 0 Å². The Hall–Kier alpha value is -1.77. The normalized spacial score (nSPS) is 14.3. The minimum Gasteiger partial charge on any atom is -0.494 e. The fraction of sp³-hybridized carbons (Fsp3) is 0.308. The van der Waals surface area contributed by atoms with Crippen molar-refractivity contribution in [2.24, 2.45) is 0 Å². The van der Waals surface area contributed by atoms with Crippen LogP contribution in [0.1, 0.15) is 29.3 Å². The molecule has 16 heavy (non-hydrogen) atoms. The molecule has 0 saturated heterocycles. The molecule has 3 heteroatoms. The smallest absolute Gasteiger partial charge is 0.203 e. The fourth-order valence-electron chi connectivity index (χ4n) is 2.67. The molecule has 0 unspecified atom stereocenters. The maximum Gasteiger partial charge on any atom is 0.203 e. The van der Waals surface area contributed by atoms with Crippen LogP contribution in [-0.4, -0.2) is 15.5 Å². The summed E-state index contributed by atoms with van der Waals surface area (Å²) < 4.78 is 1.87. The van der Waals surface area contributed by atoms with E-state index >= 15 is 0 Å². The lowest BCUT2D eigenvalue weighted by atomic mass is 10.0. The van der Waals surface area contributed by atoms with E-state index in [9.17, 15) is 9.90 Å². The van der Waals surface area contributed by atoms with Crippen molar-refractivity contribution in [3.8, 4) is 5.88 Å². The van der Waals surface area contributed by atoms with Gasteiger partial charge in [-0.25, -0.2) is 0 Å². The van der Waals surface area contributed by atoms with Crippen molar-refractivity contribution in [3.05, 3.63) is 29.3 Å². The fourth-order valence-corrected chi connectivity index (χ4v) is 2.67. The number of carbonyl (C=O) groups excluding carboxylic acids is 1. The highest BCUT2D eigenvalue weighted by molar-refractivity contribution is 6.10. The van der Waals surface area contributed by atoms with Gasteiger partial charge in [-0.05, 0) is 25.3 Å². The van der Waals surface area contributed by atoms with Crippen LogP contribution in [0.2, 0.25) is 0 Å². The summed E-state index contributed by atoms with van der Waals surface area (Å²) >= 11 is 0. The second-order valence-electron chi connectivity index (χ2n) is 4.32. The molecule has 0 amide bonds. The van der Waals surface area contributed by atoms with E-state index in [1.54, 1.807) is 0 Å². The Kier molecular flexibility index (Phi) is 1.84. The highest BCUT2D eigenvalue weighted by Gasteiger charge is 2.23. The second-order valence-corrected chi connectivity index (χ2v) is 4.32. The highest BCUT2D eigenvalue weighted by Crippen LogP contribution is 2.36. The van der Waals surface area contributed by atoms with Crippen molar-refractivity contribution >= 4 is 16.7 Å². The number of para-hydroxylation sites is 1. The van der Waals surface area contributed by atoms with Crippen LogP contribution in [0.4, 0.5) is 0 Å². The molecule has 1 aliphatic rings. The van der Waals surface area contributed by atoms with Gasteiger partial charge < -0.3 is 9.67 Å². The zero-order valence-electron chi connectivity index (χ0n) is 9.16. The minimum absolute atomic E-state index is 0.0692. The predicted molar refractivity (Wildman–Crippen MR) is 61.9 cm³/mol. The number of carbonyl (C=O) groups is 1. The SMILES string of the molecule is CC(=O)c1c(O)n2c3c(cccc13)CCC2. The van der Waals surface area contributed by atoms with E-state index in [-0.39, 0.29) is 11.7 Å². The van der Waals surface area contributed by atoms with Crippen LogP contribution in [0.25, 0.3) is 10.9 Å². The Morgan fingerprint density at radius 3 is 3.00 bits per heavy atom. The summed E-state index contributed by atoms with van der Waals surface area (Å²) in [5.41, 5.74) is 2.74. The largest absolute Gasteiger partial charge is 0.494 e. The Balaban J connectivity index is 2.50. The van der Waals surface area contributed by atoms with Crippen molar-refractivity contribution < 1.29 is 9.90 Å². The third-order valence-electron chi connectivity index (χ3n) is 3.32. The third-order valence-corrected chi connectivity index (χ3v) is 3.32. The number of aryl methyl sites for hydroxylation is 2. The van der Waals surface area contributed by atoms with Gasteiger partial charge >= 0.3 is 0 Å². The van der Waals surface area contributed by atoms with E-state index in [0.29, 0.717) is 5.56 Å². The first kappa shape index (κ1) is 9.46. The van der Waals surface area contributed by atoms with E-state index < -0.39 is 0 Å². The molecule has 0 bridgehead atoms. The zero-order valence-corrected chi connectivity index (χ0v) is 9.16. The van der Waals surface area contributed by atoms with Gasteiger partial charge in [0.2, 0.25) is 5.88 Å². The van der Waals surface area contributed by atoms with E-state index in [1.807, 2.05) is 16.7 Å². The molecule has 2 heterocycles. The number of hydrogen-bond acceptors (Lipinski definition) is 2. The zero-order chi connectivity index (χ0) is 11.3. The molecule has 1 aromatic carbocycles. The Labute approximate surface area is 93.3 Å². The van der Waals surface area contributed by atoms with Gasteiger partial charge in [-0.1, -0.05) is 18.2 Å². The molecule has 3 nitrogen and oxygen atoms in total. The van der Waals surface area contributed by atoms with Crippen LogP contribution in [0.5, 0.6) is 5.88 Å². The van der Waals surface area contributed by atoms with E-state index in [4.69, 9.17) is 0 Å². The average molecular weight is 215 g/mol. The van der Waals surface area contributed by atoms with Gasteiger partial charge in [0.05, 0.1) is 11.1 Å². The van der Waals surface area contributed by atoms with E-state index in [1.165, 1.54) is 12.5 Å². The molecule has 0 fully saturated rings. The summed E-state index contributed by atoms with van der Waals surface area (Å²) in [6.07, 6.45) is 2.05. The topological polar surface area (TPSA) is 42.2 Å². The maximum atomic E-state index is 11.6. The van der Waals surface area contributed by atoms with Crippen molar-refractivity contribution in [2.45, 2.75) is 26.3 Å². The van der Waals surface area contributed by atoms with Crippen LogP contribution in [0.3, 0.4) is 0 Å². The van der Waals surface area contributed by atoms with Crippen LogP contribution in [0, 0.1) is 0 Å². The first-order valence-electron chi connectivity index (χ1n) is 5.54. The molecule has 2 aromatic rings. The summed E-state index contributed by atoms with van der Waals surface area (Å²) in [6.45, 7) is 2.30. The molecule has 82 valence electrons. The molecule has 1 N–H and O–H groups in total. The van der Waals surface area contributed by atoms with Crippen LogP contribution in [-0.2, 0) is 13.0 Å². The number of aromatic hydroxyl groups is 1. The molecule has 0 saturated carbocycles. The molecule has 1 aliphatic heterocycles. The highest BCUT2D eigenvalue weighted by atomic mass is 16.3. The number of nitrogens with zero attached hydrogens (tertiary/aromatic N) is 1. The quantitative estimate of drug-likeness (QED) is 0.742. The monoisotopic (exact) mass is 215 g/mol. The molecule has 3 rings (SSSR count). The first-order chi connectivity index (χ1) is 7.70. The van der Waals surface area contributed by atoms with Crippen molar-refractivity contribution in [3.63, 3.8) is 0 Å². The van der Waals surface area contributed by atoms with Gasteiger partial charge in [0.1, 0.15) is 0 Å². The van der Waals surface area contributed by atoms with E-state index in [2.05, 4.69) is 6.07 Å². The predicted octanol–water partition coefficient (Wildman–Crippen LogP) is 2.50. The molecule has 0 radical (unpaired) electrons. The lowest BCUT2D eigenvalue weighted by molar-refractivity contribution is 0.101. The lowest BCUT2D eigenvalue weighted by Crippen LogP contribution is -2.06. The van der Waals surface area contributed by atoms with Crippen molar-refractivity contribution in [2.75, 3.05) is 0 Å². The summed E-state index contributed by atoms with van der Waals surface area (Å²) in [7, 11) is 0. The summed E-state index contributed by atoms with van der Waals surface area (Å²) in [5, 5.41) is 11.0. The first-order valence-corrected chi connectivity index (χ1v) is 5.54. The van der Waals surface area contributed by atoms with Gasteiger partial charge in [0, 0.05) is 11.9 Å². The van der Waals surface area contributed by atoms with Crippen LogP contribution in [0.15, 0.2) is 18.2 Å². The molecule has 0 spiro atoms. The Morgan fingerprint density at radius 1 is 1.44 bits per heavy atom. The number of aromatic nitrogens is 1. The summed E-state index contributed by atoms with van der Waals surface area (Å²) in [4.78, 5) is 11.6. The number of ketones is 1. The average Bonchev–Trinajstić information content (AvgIpc) is 2.55. The number of Topliss-reactive ketones (excluding diaryl/α,β-unsaturated/α-hetero) is 1. The molecule has 1 aromatic heterocycles. The Bertz CT molecular complexity index is 595.